The first-order valence-corrected chi connectivity index (χ1v) is 11.7. The lowest BCUT2D eigenvalue weighted by Crippen LogP contribution is -2.49. The quantitative estimate of drug-likeness (QED) is 0.373. The minimum atomic E-state index is -0.664. The number of halogens is 4. The SMILES string of the molecule is CCCCNC(=O)[C@H](CC)N(Cc1c(Cl)cccc1Cl)C(=O)Cc1ccc(Cl)cc1Cl. The molecule has 1 N–H and O–H groups in total. The Morgan fingerprint density at radius 2 is 1.68 bits per heavy atom. The van der Waals surface area contributed by atoms with Gasteiger partial charge < -0.3 is 10.2 Å². The molecular weight excluding hydrogens is 478 g/mol. The number of carbonyl (C=O) groups excluding carboxylic acids is 2. The lowest BCUT2D eigenvalue weighted by molar-refractivity contribution is -0.140. The lowest BCUT2D eigenvalue weighted by atomic mass is 10.1. The Labute approximate surface area is 203 Å². The molecule has 0 spiro atoms. The van der Waals surface area contributed by atoms with Crippen LogP contribution in [0, 0.1) is 0 Å². The monoisotopic (exact) mass is 502 g/mol. The Bertz CT molecular complexity index is 900. The van der Waals surface area contributed by atoms with Crippen molar-refractivity contribution in [3.63, 3.8) is 0 Å². The van der Waals surface area contributed by atoms with Gasteiger partial charge in [-0.25, -0.2) is 0 Å². The molecule has 0 aliphatic carbocycles. The largest absolute Gasteiger partial charge is 0.354 e. The summed E-state index contributed by atoms with van der Waals surface area (Å²) in [6, 6.07) is 9.49. The topological polar surface area (TPSA) is 49.4 Å². The molecule has 0 aromatic heterocycles. The maximum absolute atomic E-state index is 13.4. The molecule has 2 rings (SSSR count). The van der Waals surface area contributed by atoms with Crippen LogP contribution in [0.4, 0.5) is 0 Å². The second kappa shape index (κ2) is 12.5. The Kier molecular flexibility index (Phi) is 10.4. The van der Waals surface area contributed by atoms with E-state index >= 15 is 0 Å². The molecule has 8 heteroatoms. The van der Waals surface area contributed by atoms with Crippen LogP contribution in [0.1, 0.15) is 44.2 Å². The second-order valence-electron chi connectivity index (χ2n) is 7.20. The average Bonchev–Trinajstić information content (AvgIpc) is 2.72. The number of hydrogen-bond donors (Lipinski definition) is 1. The highest BCUT2D eigenvalue weighted by Crippen LogP contribution is 2.28. The van der Waals surface area contributed by atoms with Gasteiger partial charge in [0, 0.05) is 38.7 Å². The molecule has 0 aliphatic rings. The Morgan fingerprint density at radius 3 is 2.26 bits per heavy atom. The van der Waals surface area contributed by atoms with Crippen molar-refractivity contribution in [2.75, 3.05) is 6.54 Å². The number of unbranched alkanes of at least 4 members (excludes halogenated alkanes) is 1. The van der Waals surface area contributed by atoms with E-state index in [0.29, 0.717) is 44.2 Å². The molecule has 0 saturated heterocycles. The summed E-state index contributed by atoms with van der Waals surface area (Å²) in [5.74, 6) is -0.452. The highest BCUT2D eigenvalue weighted by molar-refractivity contribution is 6.36. The van der Waals surface area contributed by atoms with Crippen molar-refractivity contribution in [2.24, 2.45) is 0 Å². The summed E-state index contributed by atoms with van der Waals surface area (Å²) in [7, 11) is 0. The third kappa shape index (κ3) is 7.28. The van der Waals surface area contributed by atoms with Crippen molar-refractivity contribution < 1.29 is 9.59 Å². The number of nitrogens with zero attached hydrogens (tertiary/aromatic N) is 1. The molecule has 31 heavy (non-hydrogen) atoms. The maximum atomic E-state index is 13.4. The van der Waals surface area contributed by atoms with E-state index in [2.05, 4.69) is 12.2 Å². The van der Waals surface area contributed by atoms with Gasteiger partial charge in [0.15, 0.2) is 0 Å². The van der Waals surface area contributed by atoms with Gasteiger partial charge in [-0.15, -0.1) is 0 Å². The fourth-order valence-electron chi connectivity index (χ4n) is 3.21. The number of amides is 2. The van der Waals surface area contributed by atoms with Gasteiger partial charge >= 0.3 is 0 Å². The lowest BCUT2D eigenvalue weighted by Gasteiger charge is -2.31. The van der Waals surface area contributed by atoms with Crippen LogP contribution < -0.4 is 5.32 Å². The molecule has 168 valence electrons. The Hall–Kier alpha value is -1.46. The first kappa shape index (κ1) is 25.8. The zero-order valence-corrected chi connectivity index (χ0v) is 20.6. The van der Waals surface area contributed by atoms with E-state index in [4.69, 9.17) is 46.4 Å². The van der Waals surface area contributed by atoms with E-state index in [9.17, 15) is 9.59 Å². The standard InChI is InChI=1S/C23H26Cl4N2O2/c1-3-5-11-28-23(31)21(4-2)29(14-17-18(25)7-6-8-19(17)26)22(30)12-15-9-10-16(24)13-20(15)27/h6-10,13,21H,3-5,11-12,14H2,1-2H3,(H,28,31)/t21-/m0/s1. The highest BCUT2D eigenvalue weighted by atomic mass is 35.5. The van der Waals surface area contributed by atoms with Crippen LogP contribution in [0.2, 0.25) is 20.1 Å². The Morgan fingerprint density at radius 1 is 1.00 bits per heavy atom. The maximum Gasteiger partial charge on any atom is 0.242 e. The molecule has 0 bridgehead atoms. The molecule has 4 nitrogen and oxygen atoms in total. The zero-order chi connectivity index (χ0) is 23.0. The molecule has 2 aromatic rings. The third-order valence-corrected chi connectivity index (χ3v) is 6.26. The molecule has 2 amide bonds. The van der Waals surface area contributed by atoms with E-state index in [-0.39, 0.29) is 24.8 Å². The Balaban J connectivity index is 2.35. The highest BCUT2D eigenvalue weighted by Gasteiger charge is 2.30. The third-order valence-electron chi connectivity index (χ3n) is 4.96. The van der Waals surface area contributed by atoms with Crippen molar-refractivity contribution in [1.82, 2.24) is 10.2 Å². The van der Waals surface area contributed by atoms with Crippen LogP contribution in [0.15, 0.2) is 36.4 Å². The van der Waals surface area contributed by atoms with Crippen molar-refractivity contribution in [1.29, 1.82) is 0 Å². The molecule has 0 saturated carbocycles. The first-order chi connectivity index (χ1) is 14.8. The summed E-state index contributed by atoms with van der Waals surface area (Å²) in [5, 5.41) is 4.70. The van der Waals surface area contributed by atoms with Gasteiger partial charge in [-0.05, 0) is 42.7 Å². The van der Waals surface area contributed by atoms with E-state index < -0.39 is 6.04 Å². The van der Waals surface area contributed by atoms with E-state index in [0.717, 1.165) is 12.8 Å². The second-order valence-corrected chi connectivity index (χ2v) is 8.86. The smallest absolute Gasteiger partial charge is 0.242 e. The van der Waals surface area contributed by atoms with Crippen molar-refractivity contribution in [3.05, 3.63) is 67.6 Å². The predicted octanol–water partition coefficient (Wildman–Crippen LogP) is 6.57. The molecule has 0 aliphatic heterocycles. The minimum absolute atomic E-state index is 0.0246. The van der Waals surface area contributed by atoms with Crippen molar-refractivity contribution in [3.8, 4) is 0 Å². The summed E-state index contributed by atoms with van der Waals surface area (Å²) >= 11 is 24.9. The summed E-state index contributed by atoms with van der Waals surface area (Å²) in [6.07, 6.45) is 2.30. The van der Waals surface area contributed by atoms with Crippen LogP contribution in [-0.2, 0) is 22.6 Å². The zero-order valence-electron chi connectivity index (χ0n) is 17.6. The number of nitrogens with one attached hydrogen (secondary N) is 1. The molecule has 1 atom stereocenters. The number of carbonyl (C=O) groups is 2. The molecule has 0 unspecified atom stereocenters. The summed E-state index contributed by atoms with van der Waals surface area (Å²) in [5.41, 5.74) is 1.23. The van der Waals surface area contributed by atoms with Gasteiger partial charge in [-0.2, -0.15) is 0 Å². The predicted molar refractivity (Wildman–Crippen MR) is 129 cm³/mol. The van der Waals surface area contributed by atoms with E-state index in [1.165, 1.54) is 4.90 Å². The molecule has 0 heterocycles. The van der Waals surface area contributed by atoms with Crippen LogP contribution in [0.25, 0.3) is 0 Å². The van der Waals surface area contributed by atoms with Gasteiger partial charge in [0.05, 0.1) is 6.42 Å². The van der Waals surface area contributed by atoms with Crippen LogP contribution in [0.5, 0.6) is 0 Å². The van der Waals surface area contributed by atoms with Gasteiger partial charge in [0.2, 0.25) is 11.8 Å². The summed E-state index contributed by atoms with van der Waals surface area (Å²) < 4.78 is 0. The fourth-order valence-corrected chi connectivity index (χ4v) is 4.20. The molecule has 2 aromatic carbocycles. The number of hydrogen-bond acceptors (Lipinski definition) is 2. The van der Waals surface area contributed by atoms with Gasteiger partial charge in [-0.3, -0.25) is 9.59 Å². The minimum Gasteiger partial charge on any atom is -0.354 e. The number of rotatable bonds is 10. The molecule has 0 fully saturated rings. The van der Waals surface area contributed by atoms with E-state index in [1.807, 2.05) is 6.92 Å². The number of benzene rings is 2. The summed E-state index contributed by atoms with van der Waals surface area (Å²) in [4.78, 5) is 27.8. The van der Waals surface area contributed by atoms with Crippen LogP contribution in [-0.4, -0.2) is 29.3 Å². The first-order valence-electron chi connectivity index (χ1n) is 10.2. The van der Waals surface area contributed by atoms with Crippen molar-refractivity contribution >= 4 is 58.2 Å². The van der Waals surface area contributed by atoms with E-state index in [1.54, 1.807) is 36.4 Å². The van der Waals surface area contributed by atoms with Gasteiger partial charge in [0.25, 0.3) is 0 Å². The van der Waals surface area contributed by atoms with Gasteiger partial charge in [-0.1, -0.05) is 78.8 Å². The fraction of sp³-hybridized carbons (Fsp3) is 0.391. The normalized spacial score (nSPS) is 11.8. The average molecular weight is 504 g/mol. The summed E-state index contributed by atoms with van der Waals surface area (Å²) in [6.45, 7) is 4.59. The van der Waals surface area contributed by atoms with Gasteiger partial charge in [0.1, 0.15) is 6.04 Å². The van der Waals surface area contributed by atoms with Crippen LogP contribution in [0.3, 0.4) is 0 Å². The molecular formula is C23H26Cl4N2O2. The van der Waals surface area contributed by atoms with Crippen molar-refractivity contribution in [2.45, 2.75) is 52.1 Å². The molecule has 0 radical (unpaired) electrons. The van der Waals surface area contributed by atoms with Crippen LogP contribution >= 0.6 is 46.4 Å².